The van der Waals surface area contributed by atoms with Crippen molar-refractivity contribution < 1.29 is 9.59 Å². The second kappa shape index (κ2) is 9.36. The largest absolute Gasteiger partial charge is 0.375 e. The molecule has 0 radical (unpaired) electrons. The first-order valence-electron chi connectivity index (χ1n) is 10.9. The molecule has 0 aliphatic carbocycles. The number of fused-ring (bicyclic) bond motifs is 2. The van der Waals surface area contributed by atoms with Crippen LogP contribution in [0.5, 0.6) is 0 Å². The van der Waals surface area contributed by atoms with E-state index in [1.165, 1.54) is 11.3 Å². The van der Waals surface area contributed by atoms with Crippen LogP contribution in [0.15, 0.2) is 79.0 Å². The molecule has 5 rings (SSSR count). The van der Waals surface area contributed by atoms with E-state index in [-0.39, 0.29) is 11.8 Å². The summed E-state index contributed by atoms with van der Waals surface area (Å²) < 4.78 is 0. The molecular formula is C26H23N5O2S. The molecule has 5 aromatic rings. The van der Waals surface area contributed by atoms with Crippen molar-refractivity contribution >= 4 is 50.0 Å². The normalized spacial score (nSPS) is 12.0. The molecule has 0 aliphatic rings. The van der Waals surface area contributed by atoms with Crippen LogP contribution in [-0.4, -0.2) is 27.8 Å². The Balaban J connectivity index is 1.40. The molecule has 0 fully saturated rings. The first-order chi connectivity index (χ1) is 16.6. The Kier molecular flexibility index (Phi) is 5.97. The van der Waals surface area contributed by atoms with Crippen molar-refractivity contribution in [3.63, 3.8) is 0 Å². The molecule has 0 bridgehead atoms. The minimum atomic E-state index is -0.769. The topological polar surface area (TPSA) is 113 Å². The fourth-order valence-corrected chi connectivity index (χ4v) is 4.66. The highest BCUT2D eigenvalue weighted by atomic mass is 32.1. The van der Waals surface area contributed by atoms with Gasteiger partial charge >= 0.3 is 0 Å². The number of nitrogens with zero attached hydrogens (tertiary/aromatic N) is 1. The molecule has 0 unspecified atom stereocenters. The van der Waals surface area contributed by atoms with Crippen LogP contribution in [-0.2, 0) is 17.8 Å². The van der Waals surface area contributed by atoms with E-state index < -0.39 is 6.04 Å². The maximum Gasteiger partial charge on any atom is 0.268 e. The van der Waals surface area contributed by atoms with Crippen LogP contribution in [0.25, 0.3) is 21.7 Å². The molecule has 0 saturated heterocycles. The predicted molar refractivity (Wildman–Crippen MR) is 136 cm³/mol. The van der Waals surface area contributed by atoms with E-state index in [1.54, 1.807) is 12.3 Å². The van der Waals surface area contributed by atoms with Crippen LogP contribution in [0.2, 0.25) is 0 Å². The zero-order valence-electron chi connectivity index (χ0n) is 18.2. The number of benzene rings is 3. The van der Waals surface area contributed by atoms with Gasteiger partial charge in [-0.2, -0.15) is 0 Å². The number of rotatable bonds is 7. The van der Waals surface area contributed by atoms with Gasteiger partial charge in [-0.3, -0.25) is 9.59 Å². The quantitative estimate of drug-likeness (QED) is 0.288. The van der Waals surface area contributed by atoms with Gasteiger partial charge in [-0.1, -0.05) is 60.7 Å². The summed E-state index contributed by atoms with van der Waals surface area (Å²) >= 11 is 1.32. The number of thiazole rings is 1. The highest BCUT2D eigenvalue weighted by Gasteiger charge is 2.23. The number of hydrogen-bond acceptors (Lipinski definition) is 5. The number of para-hydroxylation sites is 1. The van der Waals surface area contributed by atoms with Gasteiger partial charge in [0.2, 0.25) is 5.91 Å². The number of hydrogen-bond donors (Lipinski definition) is 4. The van der Waals surface area contributed by atoms with E-state index >= 15 is 0 Å². The number of carbonyl (C=O) groups is 2. The molecule has 0 aliphatic heterocycles. The number of aromatic amines is 1. The minimum Gasteiger partial charge on any atom is -0.375 e. The summed E-state index contributed by atoms with van der Waals surface area (Å²) in [6, 6.07) is 22.7. The Morgan fingerprint density at radius 3 is 2.56 bits per heavy atom. The number of nitrogens with two attached hydrogens (primary N) is 1. The van der Waals surface area contributed by atoms with Crippen molar-refractivity contribution in [1.82, 2.24) is 20.6 Å². The average molecular weight is 470 g/mol. The molecule has 3 aromatic carbocycles. The lowest BCUT2D eigenvalue weighted by Gasteiger charge is -2.19. The standard InChI is InChI=1S/C26H23N5O2S/c27-26-29-15-19(34-26)14-28-24(32)22(12-17-9-5-8-16-6-1-3-10-20(16)17)31-25(33)23-13-18-7-2-4-11-21(18)30-23/h1-11,13,15,22,30H,12,14H2,(H2,27,29)(H,28,32)(H,31,33)/t22-/m0/s1. The van der Waals surface area contributed by atoms with Crippen LogP contribution in [0, 0.1) is 0 Å². The Hall–Kier alpha value is -4.17. The van der Waals surface area contributed by atoms with Crippen LogP contribution in [0.3, 0.4) is 0 Å². The average Bonchev–Trinajstić information content (AvgIpc) is 3.48. The van der Waals surface area contributed by atoms with Gasteiger partial charge in [0.1, 0.15) is 11.7 Å². The summed E-state index contributed by atoms with van der Waals surface area (Å²) in [4.78, 5) is 34.3. The Labute approximate surface area is 200 Å². The monoisotopic (exact) mass is 469 g/mol. The third kappa shape index (κ3) is 4.62. The van der Waals surface area contributed by atoms with Gasteiger partial charge < -0.3 is 21.4 Å². The van der Waals surface area contributed by atoms with Crippen molar-refractivity contribution in [1.29, 1.82) is 0 Å². The van der Waals surface area contributed by atoms with Gasteiger partial charge in [0.15, 0.2) is 5.13 Å². The SMILES string of the molecule is Nc1ncc(CNC(=O)[C@H](Cc2cccc3ccccc23)NC(=O)c2cc3ccccc3[nH]2)s1. The van der Waals surface area contributed by atoms with E-state index in [9.17, 15) is 9.59 Å². The van der Waals surface area contributed by atoms with Gasteiger partial charge in [-0.05, 0) is 28.5 Å². The molecule has 5 N–H and O–H groups in total. The molecule has 1 atom stereocenters. The van der Waals surface area contributed by atoms with Gasteiger partial charge in [-0.15, -0.1) is 11.3 Å². The smallest absolute Gasteiger partial charge is 0.268 e. The lowest BCUT2D eigenvalue weighted by Crippen LogP contribution is -2.47. The summed E-state index contributed by atoms with van der Waals surface area (Å²) in [6.07, 6.45) is 1.99. The van der Waals surface area contributed by atoms with E-state index in [0.717, 1.165) is 32.1 Å². The van der Waals surface area contributed by atoms with Crippen LogP contribution in [0.1, 0.15) is 20.9 Å². The molecule has 8 heteroatoms. The number of anilines is 1. The van der Waals surface area contributed by atoms with Crippen molar-refractivity contribution in [3.8, 4) is 0 Å². The van der Waals surface area contributed by atoms with Gasteiger partial charge in [0.05, 0.1) is 6.54 Å². The summed E-state index contributed by atoms with van der Waals surface area (Å²) in [6.45, 7) is 0.294. The number of nitrogen functional groups attached to an aromatic ring is 1. The lowest BCUT2D eigenvalue weighted by atomic mass is 9.98. The molecule has 34 heavy (non-hydrogen) atoms. The molecule has 2 aromatic heterocycles. The maximum atomic E-state index is 13.2. The van der Waals surface area contributed by atoms with E-state index in [4.69, 9.17) is 5.73 Å². The minimum absolute atomic E-state index is 0.274. The summed E-state index contributed by atoms with van der Waals surface area (Å²) in [7, 11) is 0. The zero-order valence-corrected chi connectivity index (χ0v) is 19.1. The van der Waals surface area contributed by atoms with E-state index in [0.29, 0.717) is 23.8 Å². The highest BCUT2D eigenvalue weighted by molar-refractivity contribution is 7.15. The third-order valence-corrected chi connectivity index (χ3v) is 6.54. The van der Waals surface area contributed by atoms with Crippen molar-refractivity contribution in [2.24, 2.45) is 0 Å². The van der Waals surface area contributed by atoms with Crippen molar-refractivity contribution in [2.75, 3.05) is 5.73 Å². The second-order valence-corrected chi connectivity index (χ2v) is 9.17. The molecule has 170 valence electrons. The summed E-state index contributed by atoms with van der Waals surface area (Å²) in [5, 5.41) is 9.37. The van der Waals surface area contributed by atoms with Crippen LogP contribution < -0.4 is 16.4 Å². The number of amides is 2. The molecule has 7 nitrogen and oxygen atoms in total. The first-order valence-corrected chi connectivity index (χ1v) is 11.7. The molecule has 0 spiro atoms. The second-order valence-electron chi connectivity index (χ2n) is 8.02. The fourth-order valence-electron chi connectivity index (χ4n) is 4.03. The third-order valence-electron chi connectivity index (χ3n) is 5.71. The Morgan fingerprint density at radius 1 is 1.00 bits per heavy atom. The summed E-state index contributed by atoms with van der Waals surface area (Å²) in [5.74, 6) is -0.608. The number of aromatic nitrogens is 2. The van der Waals surface area contributed by atoms with Gasteiger partial charge in [-0.25, -0.2) is 4.98 Å². The predicted octanol–water partition coefficient (Wildman–Crippen LogP) is 4.02. The van der Waals surface area contributed by atoms with E-state index in [1.807, 2.05) is 66.7 Å². The number of H-pyrrole nitrogens is 1. The van der Waals surface area contributed by atoms with Crippen LogP contribution >= 0.6 is 11.3 Å². The molecule has 0 saturated carbocycles. The van der Waals surface area contributed by atoms with Crippen LogP contribution in [0.4, 0.5) is 5.13 Å². The first kappa shape index (κ1) is 21.7. The molecule has 2 heterocycles. The maximum absolute atomic E-state index is 13.2. The number of nitrogens with one attached hydrogen (secondary N) is 3. The summed E-state index contributed by atoms with van der Waals surface area (Å²) in [5.41, 5.74) is 7.96. The highest BCUT2D eigenvalue weighted by Crippen LogP contribution is 2.21. The van der Waals surface area contributed by atoms with Gasteiger partial charge in [0.25, 0.3) is 5.91 Å². The molecule has 2 amide bonds. The van der Waals surface area contributed by atoms with Crippen molar-refractivity contribution in [2.45, 2.75) is 19.0 Å². The van der Waals surface area contributed by atoms with Gasteiger partial charge in [0, 0.05) is 28.4 Å². The Bertz CT molecular complexity index is 1450. The van der Waals surface area contributed by atoms with E-state index in [2.05, 4.69) is 20.6 Å². The zero-order chi connectivity index (χ0) is 23.5. The van der Waals surface area contributed by atoms with Crippen molar-refractivity contribution in [3.05, 3.63) is 95.1 Å². The lowest BCUT2D eigenvalue weighted by molar-refractivity contribution is -0.123. The fraction of sp³-hybridized carbons (Fsp3) is 0.115. The number of carbonyl (C=O) groups excluding carboxylic acids is 2. The Morgan fingerprint density at radius 2 is 1.76 bits per heavy atom. The molecular weight excluding hydrogens is 446 g/mol.